The number of nitrogens with two attached hydrogens (primary N) is 1. The van der Waals surface area contributed by atoms with Crippen molar-refractivity contribution < 1.29 is 37.0 Å². The molecule has 0 unspecified atom stereocenters. The summed E-state index contributed by atoms with van der Waals surface area (Å²) in [6, 6.07) is 12.1. The lowest BCUT2D eigenvalue weighted by Crippen LogP contribution is -2.32. The number of hydrogen-bond acceptors (Lipinski definition) is 6. The predicted octanol–water partition coefficient (Wildman–Crippen LogP) is 4.54. The highest BCUT2D eigenvalue weighted by Crippen LogP contribution is 2.29. The van der Waals surface area contributed by atoms with E-state index < -0.39 is 18.7 Å². The van der Waals surface area contributed by atoms with Crippen LogP contribution in [0.1, 0.15) is 41.9 Å². The summed E-state index contributed by atoms with van der Waals surface area (Å²) in [6.07, 6.45) is -3.22. The number of alkyl halides is 3. The molecule has 0 spiro atoms. The van der Waals surface area contributed by atoms with Gasteiger partial charge in [-0.25, -0.2) is 0 Å². The second-order valence-corrected chi connectivity index (χ2v) is 9.33. The minimum absolute atomic E-state index is 0.00964. The number of aryl methyl sites for hydroxylation is 2. The number of nitrogens with one attached hydrogen (secondary N) is 1. The summed E-state index contributed by atoms with van der Waals surface area (Å²) in [5, 5.41) is 4.23. The van der Waals surface area contributed by atoms with Crippen LogP contribution in [0.4, 0.5) is 13.2 Å². The Labute approximate surface area is 225 Å². The Bertz CT molecular complexity index is 1290. The number of fused-ring (bicyclic) bond motifs is 1. The van der Waals surface area contributed by atoms with Gasteiger partial charge in [-0.2, -0.15) is 13.2 Å². The van der Waals surface area contributed by atoms with Crippen LogP contribution in [0.15, 0.2) is 42.5 Å². The summed E-state index contributed by atoms with van der Waals surface area (Å²) in [5.74, 6) is -0.591. The molecule has 2 aromatic carbocycles. The first kappa shape index (κ1) is 29.8. The molecular weight excluding hydrogens is 515 g/mol. The second-order valence-electron chi connectivity index (χ2n) is 9.33. The van der Waals surface area contributed by atoms with E-state index in [4.69, 9.17) is 19.9 Å². The minimum Gasteiger partial charge on any atom is -0.488 e. The summed E-state index contributed by atoms with van der Waals surface area (Å²) >= 11 is 0. The normalized spacial score (nSPS) is 12.4. The van der Waals surface area contributed by atoms with Gasteiger partial charge in [0.1, 0.15) is 6.61 Å². The Morgan fingerprint density at radius 1 is 1.08 bits per heavy atom. The van der Waals surface area contributed by atoms with Crippen LogP contribution in [0.3, 0.4) is 0 Å². The van der Waals surface area contributed by atoms with Crippen LogP contribution >= 0.6 is 0 Å². The number of aromatic nitrogens is 1. The number of benzene rings is 2. The van der Waals surface area contributed by atoms with E-state index in [1.807, 2.05) is 30.5 Å². The molecule has 0 aliphatic carbocycles. The molecule has 39 heavy (non-hydrogen) atoms. The lowest BCUT2D eigenvalue weighted by atomic mass is 10.0. The maximum atomic E-state index is 12.5. The van der Waals surface area contributed by atoms with Crippen molar-refractivity contribution >= 4 is 22.8 Å². The summed E-state index contributed by atoms with van der Waals surface area (Å²) in [4.78, 5) is 23.4. The fourth-order valence-electron chi connectivity index (χ4n) is 4.38. The highest BCUT2D eigenvalue weighted by atomic mass is 19.4. The molecule has 0 fully saturated rings. The van der Waals surface area contributed by atoms with Crippen molar-refractivity contribution in [1.29, 1.82) is 0 Å². The third-order valence-corrected chi connectivity index (χ3v) is 5.99. The number of para-hydroxylation sites is 2. The molecule has 1 atom stereocenters. The predicted molar refractivity (Wildman–Crippen MR) is 141 cm³/mol. The summed E-state index contributed by atoms with van der Waals surface area (Å²) in [6.45, 7) is 5.43. The summed E-state index contributed by atoms with van der Waals surface area (Å²) in [5.41, 5.74) is 8.82. The summed E-state index contributed by atoms with van der Waals surface area (Å²) in [7, 11) is 0. The van der Waals surface area contributed by atoms with Crippen molar-refractivity contribution in [3.05, 3.63) is 59.3 Å². The third kappa shape index (κ3) is 8.91. The average molecular weight is 550 g/mol. The van der Waals surface area contributed by atoms with Gasteiger partial charge in [-0.3, -0.25) is 9.59 Å². The molecule has 0 saturated heterocycles. The fourth-order valence-corrected chi connectivity index (χ4v) is 4.38. The molecule has 0 bridgehead atoms. The van der Waals surface area contributed by atoms with Crippen LogP contribution in [-0.2, 0) is 22.5 Å². The SMILES string of the molecule is CC(=O)OCCCn1c(C)cc2cc(C[C@@H](C)NCCOc3ccccc3OCC(F)(F)F)cc(C(N)=O)c21. The Kier molecular flexibility index (Phi) is 10.2. The van der Waals surface area contributed by atoms with Crippen molar-refractivity contribution in [3.63, 3.8) is 0 Å². The average Bonchev–Trinajstić information content (AvgIpc) is 3.17. The number of rotatable bonds is 14. The molecule has 8 nitrogen and oxygen atoms in total. The standard InChI is InChI=1S/C28H34F3N3O5/c1-18(33-9-12-38-24-7-4-5-8-25(24)39-17-28(29,30)31)13-21-15-22-14-19(2)34(10-6-11-37-20(3)35)26(22)23(16-21)27(32)36/h4-5,7-8,14-16,18,33H,6,9-13,17H2,1-3H3,(H2,32,36)/t18-/m1/s1. The quantitative estimate of drug-likeness (QED) is 0.226. The highest BCUT2D eigenvalue weighted by Gasteiger charge is 2.29. The van der Waals surface area contributed by atoms with Crippen molar-refractivity contribution in [1.82, 2.24) is 9.88 Å². The first-order valence-corrected chi connectivity index (χ1v) is 12.7. The molecule has 212 valence electrons. The van der Waals surface area contributed by atoms with Gasteiger partial charge in [-0.1, -0.05) is 12.1 Å². The fraction of sp³-hybridized carbons (Fsp3) is 0.429. The Hall–Kier alpha value is -3.73. The molecule has 1 amide bonds. The van der Waals surface area contributed by atoms with E-state index in [2.05, 4.69) is 5.32 Å². The number of esters is 1. The number of ether oxygens (including phenoxy) is 3. The number of nitrogens with zero attached hydrogens (tertiary/aromatic N) is 1. The Morgan fingerprint density at radius 3 is 2.41 bits per heavy atom. The van der Waals surface area contributed by atoms with Crippen LogP contribution in [-0.4, -0.2) is 55.0 Å². The monoisotopic (exact) mass is 549 g/mol. The van der Waals surface area contributed by atoms with Gasteiger partial charge >= 0.3 is 12.1 Å². The van der Waals surface area contributed by atoms with Crippen LogP contribution in [0.25, 0.3) is 10.9 Å². The van der Waals surface area contributed by atoms with Gasteiger partial charge in [0.2, 0.25) is 0 Å². The third-order valence-electron chi connectivity index (χ3n) is 5.99. The molecule has 11 heteroatoms. The smallest absolute Gasteiger partial charge is 0.422 e. The van der Waals surface area contributed by atoms with Gasteiger partial charge < -0.3 is 29.8 Å². The zero-order valence-corrected chi connectivity index (χ0v) is 22.3. The number of amides is 1. The van der Waals surface area contributed by atoms with E-state index in [9.17, 15) is 22.8 Å². The lowest BCUT2D eigenvalue weighted by Gasteiger charge is -2.17. The van der Waals surface area contributed by atoms with E-state index in [-0.39, 0.29) is 36.7 Å². The zero-order chi connectivity index (χ0) is 28.6. The van der Waals surface area contributed by atoms with Crippen molar-refractivity contribution in [2.24, 2.45) is 5.73 Å². The van der Waals surface area contributed by atoms with Gasteiger partial charge in [0, 0.05) is 37.1 Å². The molecule has 1 aromatic heterocycles. The molecule has 3 aromatic rings. The molecule has 3 N–H and O–H groups in total. The first-order valence-electron chi connectivity index (χ1n) is 12.7. The van der Waals surface area contributed by atoms with Gasteiger partial charge in [0.05, 0.1) is 17.7 Å². The zero-order valence-electron chi connectivity index (χ0n) is 22.3. The van der Waals surface area contributed by atoms with E-state index in [0.29, 0.717) is 31.5 Å². The van der Waals surface area contributed by atoms with Crippen molar-refractivity contribution in [2.75, 3.05) is 26.4 Å². The molecular formula is C28H34F3N3O5. The largest absolute Gasteiger partial charge is 0.488 e. The van der Waals surface area contributed by atoms with E-state index >= 15 is 0 Å². The van der Waals surface area contributed by atoms with Crippen LogP contribution < -0.4 is 20.5 Å². The van der Waals surface area contributed by atoms with Gasteiger partial charge in [0.25, 0.3) is 5.91 Å². The van der Waals surface area contributed by atoms with Gasteiger partial charge in [0.15, 0.2) is 18.1 Å². The van der Waals surface area contributed by atoms with E-state index in [0.717, 1.165) is 22.2 Å². The highest BCUT2D eigenvalue weighted by molar-refractivity contribution is 6.05. The second kappa shape index (κ2) is 13.4. The maximum absolute atomic E-state index is 12.5. The minimum atomic E-state index is -4.44. The molecule has 3 rings (SSSR count). The van der Waals surface area contributed by atoms with E-state index in [1.54, 1.807) is 24.3 Å². The van der Waals surface area contributed by atoms with Crippen LogP contribution in [0.5, 0.6) is 11.5 Å². The van der Waals surface area contributed by atoms with E-state index in [1.165, 1.54) is 13.0 Å². The van der Waals surface area contributed by atoms with Gasteiger partial charge in [-0.15, -0.1) is 0 Å². The number of carbonyl (C=O) groups excluding carboxylic acids is 2. The number of primary amides is 1. The molecule has 1 heterocycles. The Morgan fingerprint density at radius 2 is 1.77 bits per heavy atom. The topological polar surface area (TPSA) is 105 Å². The number of hydrogen-bond donors (Lipinski definition) is 2. The molecule has 0 aliphatic heterocycles. The molecule has 0 aliphatic rings. The Balaban J connectivity index is 1.60. The van der Waals surface area contributed by atoms with Crippen molar-refractivity contribution in [3.8, 4) is 11.5 Å². The number of carbonyl (C=O) groups is 2. The number of halogens is 3. The molecule has 0 radical (unpaired) electrons. The molecule has 0 saturated carbocycles. The lowest BCUT2D eigenvalue weighted by molar-refractivity contribution is -0.153. The van der Waals surface area contributed by atoms with Crippen molar-refractivity contribution in [2.45, 2.75) is 52.4 Å². The summed E-state index contributed by atoms with van der Waals surface area (Å²) < 4.78 is 55.0. The first-order chi connectivity index (χ1) is 18.4. The van der Waals surface area contributed by atoms with Crippen LogP contribution in [0, 0.1) is 6.92 Å². The van der Waals surface area contributed by atoms with Gasteiger partial charge in [-0.05, 0) is 62.6 Å². The maximum Gasteiger partial charge on any atom is 0.422 e. The van der Waals surface area contributed by atoms with Crippen LogP contribution in [0.2, 0.25) is 0 Å².